The molecule has 25 heavy (non-hydrogen) atoms. The minimum absolute atomic E-state index is 0.124. The molecule has 0 radical (unpaired) electrons. The van der Waals surface area contributed by atoms with Gasteiger partial charge in [0.1, 0.15) is 6.23 Å². The van der Waals surface area contributed by atoms with E-state index in [1.807, 2.05) is 6.92 Å². The number of methoxy groups -OCH3 is 1. The molecule has 2 saturated heterocycles. The summed E-state index contributed by atoms with van der Waals surface area (Å²) in [6.45, 7) is 10.8. The second kappa shape index (κ2) is 5.21. The molecule has 2 bridgehead atoms. The van der Waals surface area contributed by atoms with Crippen molar-refractivity contribution in [1.29, 1.82) is 0 Å². The zero-order valence-electron chi connectivity index (χ0n) is 16.0. The lowest BCUT2D eigenvalue weighted by Crippen LogP contribution is -2.42. The van der Waals surface area contributed by atoms with Gasteiger partial charge in [0.05, 0.1) is 36.9 Å². The molecule has 4 aliphatic rings. The number of fused-ring (bicyclic) bond motifs is 7. The zero-order valence-corrected chi connectivity index (χ0v) is 16.0. The Labute approximate surface area is 149 Å². The maximum absolute atomic E-state index is 11.9. The fourth-order valence-electron chi connectivity index (χ4n) is 5.97. The quantitative estimate of drug-likeness (QED) is 0.608. The van der Waals surface area contributed by atoms with E-state index in [0.29, 0.717) is 17.2 Å². The third kappa shape index (κ3) is 1.93. The lowest BCUT2D eigenvalue weighted by Gasteiger charge is -2.38. The van der Waals surface area contributed by atoms with Crippen LogP contribution in [-0.2, 0) is 19.1 Å². The van der Waals surface area contributed by atoms with Crippen molar-refractivity contribution >= 4 is 5.97 Å². The van der Waals surface area contributed by atoms with Gasteiger partial charge in [-0.1, -0.05) is 20.8 Å². The molecule has 2 N–H and O–H groups in total. The highest BCUT2D eigenvalue weighted by atomic mass is 16.8. The number of hydrogen-bond donors (Lipinski definition) is 1. The smallest absolute Gasteiger partial charge is 0.335 e. The van der Waals surface area contributed by atoms with Gasteiger partial charge < -0.3 is 15.2 Å². The highest BCUT2D eigenvalue weighted by Gasteiger charge is 2.73. The van der Waals surface area contributed by atoms with E-state index in [9.17, 15) is 4.79 Å². The molecule has 2 aliphatic heterocycles. The lowest BCUT2D eigenvalue weighted by atomic mass is 9.70. The predicted octanol–water partition coefficient (Wildman–Crippen LogP) is 2.19. The number of rotatable bonds is 2. The molecule has 0 aromatic heterocycles. The van der Waals surface area contributed by atoms with Gasteiger partial charge >= 0.3 is 5.97 Å². The van der Waals surface area contributed by atoms with Gasteiger partial charge in [0.25, 0.3) is 0 Å². The summed E-state index contributed by atoms with van der Waals surface area (Å²) in [7, 11) is 1.37. The highest BCUT2D eigenvalue weighted by Crippen LogP contribution is 2.70. The van der Waals surface area contributed by atoms with Crippen LogP contribution in [-0.4, -0.2) is 42.6 Å². The van der Waals surface area contributed by atoms with Crippen molar-refractivity contribution in [1.82, 2.24) is 5.06 Å². The molecule has 0 unspecified atom stereocenters. The first-order chi connectivity index (χ1) is 11.6. The van der Waals surface area contributed by atoms with Crippen LogP contribution in [0.15, 0.2) is 11.3 Å². The number of hydrogen-bond acceptors (Lipinski definition) is 6. The maximum Gasteiger partial charge on any atom is 0.335 e. The van der Waals surface area contributed by atoms with Crippen molar-refractivity contribution in [3.63, 3.8) is 0 Å². The van der Waals surface area contributed by atoms with E-state index in [1.165, 1.54) is 20.0 Å². The van der Waals surface area contributed by atoms with Gasteiger partial charge in [-0.3, -0.25) is 4.84 Å². The molecule has 4 rings (SSSR count). The summed E-state index contributed by atoms with van der Waals surface area (Å²) in [5.74, 6) is 0.00989. The largest absolute Gasteiger partial charge is 0.466 e. The van der Waals surface area contributed by atoms with Crippen LogP contribution in [0.2, 0.25) is 0 Å². The van der Waals surface area contributed by atoms with Crippen LogP contribution in [0.3, 0.4) is 0 Å². The topological polar surface area (TPSA) is 74.0 Å². The second-order valence-corrected chi connectivity index (χ2v) is 8.99. The van der Waals surface area contributed by atoms with Crippen LogP contribution in [0.4, 0.5) is 0 Å². The van der Waals surface area contributed by atoms with Crippen LogP contribution in [0.25, 0.3) is 0 Å². The Bertz CT molecular complexity index is 645. The Balaban J connectivity index is 1.67. The first-order valence-electron chi connectivity index (χ1n) is 9.30. The molecule has 0 aromatic rings. The van der Waals surface area contributed by atoms with Gasteiger partial charge in [-0.15, -0.1) is 0 Å². The molecular weight excluding hydrogens is 320 g/mol. The number of carbonyl (C=O) groups is 1. The molecule has 2 aliphatic carbocycles. The first kappa shape index (κ1) is 17.3. The van der Waals surface area contributed by atoms with Gasteiger partial charge in [0.15, 0.2) is 0 Å². The van der Waals surface area contributed by atoms with E-state index >= 15 is 0 Å². The Morgan fingerprint density at radius 3 is 2.64 bits per heavy atom. The Hall–Kier alpha value is -1.11. The van der Waals surface area contributed by atoms with Gasteiger partial charge in [-0.25, -0.2) is 4.79 Å². The maximum atomic E-state index is 11.9. The van der Waals surface area contributed by atoms with Crippen LogP contribution in [0, 0.1) is 22.7 Å². The molecule has 140 valence electrons. The summed E-state index contributed by atoms with van der Waals surface area (Å²) in [4.78, 5) is 18.1. The van der Waals surface area contributed by atoms with Crippen LogP contribution in [0.1, 0.15) is 47.5 Å². The van der Waals surface area contributed by atoms with Gasteiger partial charge in [0, 0.05) is 11.1 Å². The Kier molecular flexibility index (Phi) is 3.61. The van der Waals surface area contributed by atoms with Crippen LogP contribution < -0.4 is 5.73 Å². The highest BCUT2D eigenvalue weighted by molar-refractivity contribution is 5.88. The predicted molar refractivity (Wildman–Crippen MR) is 91.8 cm³/mol. The van der Waals surface area contributed by atoms with Crippen LogP contribution in [0.5, 0.6) is 0 Å². The Morgan fingerprint density at radius 1 is 1.32 bits per heavy atom. The monoisotopic (exact) mass is 350 g/mol. The van der Waals surface area contributed by atoms with Crippen molar-refractivity contribution in [3.8, 4) is 0 Å². The van der Waals surface area contributed by atoms with Crippen LogP contribution >= 0.6 is 0 Å². The van der Waals surface area contributed by atoms with Crippen molar-refractivity contribution in [2.75, 3.05) is 7.11 Å². The van der Waals surface area contributed by atoms with Crippen molar-refractivity contribution in [2.24, 2.45) is 28.4 Å². The zero-order chi connectivity index (χ0) is 18.3. The van der Waals surface area contributed by atoms with Gasteiger partial charge in [-0.2, -0.15) is 5.06 Å². The summed E-state index contributed by atoms with van der Waals surface area (Å²) in [5.41, 5.74) is 7.71. The van der Waals surface area contributed by atoms with E-state index in [1.54, 1.807) is 6.92 Å². The number of hydroxylamine groups is 2. The number of ether oxygens (including phenoxy) is 2. The molecule has 7 atom stereocenters. The van der Waals surface area contributed by atoms with Gasteiger partial charge in [0.2, 0.25) is 0 Å². The average Bonchev–Trinajstić information content (AvgIpc) is 3.19. The summed E-state index contributed by atoms with van der Waals surface area (Å²) in [6, 6.07) is 0.275. The summed E-state index contributed by atoms with van der Waals surface area (Å²) < 4.78 is 11.4. The fourth-order valence-corrected chi connectivity index (χ4v) is 5.97. The Morgan fingerprint density at radius 2 is 2.00 bits per heavy atom. The van der Waals surface area contributed by atoms with E-state index < -0.39 is 5.97 Å². The van der Waals surface area contributed by atoms with E-state index in [4.69, 9.17) is 20.0 Å². The molecule has 0 spiro atoms. The molecule has 6 heteroatoms. The van der Waals surface area contributed by atoms with Crippen molar-refractivity contribution in [2.45, 2.75) is 71.9 Å². The summed E-state index contributed by atoms with van der Waals surface area (Å²) in [6.07, 6.45) is 2.22. The third-order valence-corrected chi connectivity index (χ3v) is 7.94. The standard InChI is InChI=1S/C19H30N2O4/c1-9(17(22)23-6)13(20)12-10(2)25-21-14-11-7-8-19(5,18(11,3)4)15(14)24-16(12)21/h10-12,14-16H,7-8,20H2,1-6H3/b13-9-/t10-,11+,12+,14+,15+,16-,19-/m0/s1. The van der Waals surface area contributed by atoms with E-state index in [-0.39, 0.29) is 41.2 Å². The molecule has 0 amide bonds. The fraction of sp³-hybridized carbons (Fsp3) is 0.842. The minimum atomic E-state index is -0.394. The minimum Gasteiger partial charge on any atom is -0.466 e. The van der Waals surface area contributed by atoms with E-state index in [2.05, 4.69) is 25.8 Å². The number of esters is 1. The molecule has 2 heterocycles. The molecule has 4 fully saturated rings. The van der Waals surface area contributed by atoms with Crippen molar-refractivity contribution < 1.29 is 19.1 Å². The van der Waals surface area contributed by atoms with Crippen molar-refractivity contribution in [3.05, 3.63) is 11.3 Å². The average molecular weight is 350 g/mol. The molecule has 2 saturated carbocycles. The lowest BCUT2D eigenvalue weighted by molar-refractivity contribution is -0.193. The third-order valence-electron chi connectivity index (χ3n) is 7.94. The molecule has 6 nitrogen and oxygen atoms in total. The summed E-state index contributed by atoms with van der Waals surface area (Å²) >= 11 is 0. The molecular formula is C19H30N2O4. The van der Waals surface area contributed by atoms with E-state index in [0.717, 1.165) is 0 Å². The summed E-state index contributed by atoms with van der Waals surface area (Å²) in [5, 5.41) is 2.06. The number of nitrogens with zero attached hydrogens (tertiary/aromatic N) is 1. The number of carbonyl (C=O) groups excluding carboxylic acids is 1. The second-order valence-electron chi connectivity index (χ2n) is 8.99. The normalized spacial score (nSPS) is 48.2. The SMILES string of the molecule is COC(=O)/C(C)=C(\N)[C@H]1[C@H](C)ON2[C@@H]3[C@H]4CC[C@@](C)([C@@H]3O[C@@H]12)C4(C)C. The molecule has 0 aromatic carbocycles. The first-order valence-corrected chi connectivity index (χ1v) is 9.30. The van der Waals surface area contributed by atoms with Gasteiger partial charge in [-0.05, 0) is 38.0 Å². The number of nitrogens with two attached hydrogens (primary N) is 1.